The molecule has 0 aliphatic rings. The third kappa shape index (κ3) is 6.61. The van der Waals surface area contributed by atoms with Gasteiger partial charge in [-0.3, -0.25) is 9.59 Å². The monoisotopic (exact) mass is 463 g/mol. The molecule has 2 aromatic carbocycles. The average Bonchev–Trinajstić information content (AvgIpc) is 2.72. The van der Waals surface area contributed by atoms with Crippen LogP contribution in [0.1, 0.15) is 31.9 Å². The Hall–Kier alpha value is -2.78. The quantitative estimate of drug-likeness (QED) is 0.620. The Bertz CT molecular complexity index is 1040. The number of halogens is 1. The van der Waals surface area contributed by atoms with Gasteiger partial charge in [-0.25, -0.2) is 12.8 Å². The maximum atomic E-state index is 13.3. The van der Waals surface area contributed by atoms with Crippen molar-refractivity contribution in [3.05, 3.63) is 65.5 Å². The second kappa shape index (κ2) is 10.7. The van der Waals surface area contributed by atoms with Crippen LogP contribution in [0, 0.1) is 12.7 Å². The van der Waals surface area contributed by atoms with Gasteiger partial charge in [0.05, 0.1) is 11.4 Å². The number of hydrogen-bond donors (Lipinski definition) is 1. The topological polar surface area (TPSA) is 86.8 Å². The van der Waals surface area contributed by atoms with Crippen molar-refractivity contribution in [2.24, 2.45) is 0 Å². The van der Waals surface area contributed by atoms with Crippen molar-refractivity contribution < 1.29 is 22.4 Å². The highest BCUT2D eigenvalue weighted by Gasteiger charge is 2.30. The molecule has 0 heterocycles. The van der Waals surface area contributed by atoms with Crippen LogP contribution in [0.4, 0.5) is 4.39 Å². The van der Waals surface area contributed by atoms with E-state index in [-0.39, 0.29) is 23.4 Å². The summed E-state index contributed by atoms with van der Waals surface area (Å²) < 4.78 is 40.0. The smallest absolute Gasteiger partial charge is 0.243 e. The minimum absolute atomic E-state index is 0.0320. The highest BCUT2D eigenvalue weighted by molar-refractivity contribution is 7.89. The number of likely N-dealkylation sites (N-methyl/N-ethyl adjacent to an activating group) is 1. The fourth-order valence-corrected chi connectivity index (χ4v) is 4.15. The van der Waals surface area contributed by atoms with Crippen LogP contribution >= 0.6 is 0 Å². The number of nitrogens with zero attached hydrogens (tertiary/aromatic N) is 2. The van der Waals surface area contributed by atoms with E-state index in [0.29, 0.717) is 5.56 Å². The van der Waals surface area contributed by atoms with Gasteiger partial charge in [-0.05, 0) is 57.5 Å². The SMILES string of the molecule is Cc1ccc(S(=O)(=O)N(C)CC(=O)N(Cc2ccc(F)cc2)C(C)C(=O)NC(C)C)cc1. The molecule has 0 radical (unpaired) electrons. The van der Waals surface area contributed by atoms with Gasteiger partial charge >= 0.3 is 0 Å². The summed E-state index contributed by atoms with van der Waals surface area (Å²) in [6, 6.07) is 10.9. The Balaban J connectivity index is 2.26. The molecule has 1 N–H and O–H groups in total. The molecule has 0 spiro atoms. The van der Waals surface area contributed by atoms with E-state index in [1.807, 2.05) is 6.92 Å². The minimum atomic E-state index is -3.89. The minimum Gasteiger partial charge on any atom is -0.352 e. The Morgan fingerprint density at radius 1 is 1.00 bits per heavy atom. The van der Waals surface area contributed by atoms with Crippen molar-refractivity contribution in [1.82, 2.24) is 14.5 Å². The van der Waals surface area contributed by atoms with E-state index < -0.39 is 34.3 Å². The van der Waals surface area contributed by atoms with Crippen LogP contribution in [0.3, 0.4) is 0 Å². The number of hydrogen-bond acceptors (Lipinski definition) is 4. The van der Waals surface area contributed by atoms with Crippen molar-refractivity contribution in [2.45, 2.75) is 51.2 Å². The van der Waals surface area contributed by atoms with E-state index in [4.69, 9.17) is 0 Å². The second-order valence-electron chi connectivity index (χ2n) is 8.06. The lowest BCUT2D eigenvalue weighted by molar-refractivity contribution is -0.140. The van der Waals surface area contributed by atoms with Crippen LogP contribution < -0.4 is 5.32 Å². The molecule has 2 aromatic rings. The summed E-state index contributed by atoms with van der Waals surface area (Å²) in [6.07, 6.45) is 0. The summed E-state index contributed by atoms with van der Waals surface area (Å²) in [7, 11) is -2.57. The van der Waals surface area contributed by atoms with Crippen molar-refractivity contribution in [3.63, 3.8) is 0 Å². The highest BCUT2D eigenvalue weighted by Crippen LogP contribution is 2.17. The molecule has 0 bridgehead atoms. The number of carbonyl (C=O) groups excluding carboxylic acids is 2. The fourth-order valence-electron chi connectivity index (χ4n) is 3.03. The number of sulfonamides is 1. The summed E-state index contributed by atoms with van der Waals surface area (Å²) in [5.41, 5.74) is 1.53. The number of rotatable bonds is 9. The number of amides is 2. The van der Waals surface area contributed by atoms with Gasteiger partial charge in [0.15, 0.2) is 0 Å². The van der Waals surface area contributed by atoms with Gasteiger partial charge in [0.2, 0.25) is 21.8 Å². The first-order valence-electron chi connectivity index (χ1n) is 10.3. The normalized spacial score (nSPS) is 12.6. The van der Waals surface area contributed by atoms with E-state index in [0.717, 1.165) is 9.87 Å². The van der Waals surface area contributed by atoms with Crippen LogP contribution in [0.5, 0.6) is 0 Å². The largest absolute Gasteiger partial charge is 0.352 e. The zero-order valence-corrected chi connectivity index (χ0v) is 19.8. The molecule has 0 saturated carbocycles. The zero-order valence-electron chi connectivity index (χ0n) is 19.0. The van der Waals surface area contributed by atoms with Crippen LogP contribution in [0.25, 0.3) is 0 Å². The van der Waals surface area contributed by atoms with Crippen molar-refractivity contribution >= 4 is 21.8 Å². The molecule has 1 atom stereocenters. The zero-order chi connectivity index (χ0) is 24.1. The van der Waals surface area contributed by atoms with Crippen LogP contribution in [-0.2, 0) is 26.2 Å². The van der Waals surface area contributed by atoms with Gasteiger partial charge in [0, 0.05) is 19.6 Å². The number of benzene rings is 2. The van der Waals surface area contributed by atoms with Gasteiger partial charge in [-0.2, -0.15) is 4.31 Å². The first kappa shape index (κ1) is 25.5. The van der Waals surface area contributed by atoms with Gasteiger partial charge in [-0.15, -0.1) is 0 Å². The Labute approximate surface area is 189 Å². The van der Waals surface area contributed by atoms with Gasteiger partial charge in [0.1, 0.15) is 11.9 Å². The predicted octanol–water partition coefficient (Wildman–Crippen LogP) is 2.70. The molecular formula is C23H30FN3O4S. The Morgan fingerprint density at radius 2 is 1.56 bits per heavy atom. The lowest BCUT2D eigenvalue weighted by Gasteiger charge is -2.30. The Morgan fingerprint density at radius 3 is 2.09 bits per heavy atom. The molecule has 2 rings (SSSR count). The molecule has 32 heavy (non-hydrogen) atoms. The number of nitrogens with one attached hydrogen (secondary N) is 1. The third-order valence-corrected chi connectivity index (χ3v) is 6.77. The maximum absolute atomic E-state index is 13.3. The molecule has 0 fully saturated rings. The molecular weight excluding hydrogens is 433 g/mol. The van der Waals surface area contributed by atoms with Crippen molar-refractivity contribution in [3.8, 4) is 0 Å². The lowest BCUT2D eigenvalue weighted by atomic mass is 10.1. The standard InChI is InChI=1S/C23H30FN3O4S/c1-16(2)25-23(29)18(4)27(14-19-8-10-20(24)11-9-19)22(28)15-26(5)32(30,31)21-12-6-17(3)7-13-21/h6-13,16,18H,14-15H2,1-5H3,(H,25,29). The summed E-state index contributed by atoms with van der Waals surface area (Å²) in [5.74, 6) is -1.32. The van der Waals surface area contributed by atoms with Crippen LogP contribution in [-0.4, -0.2) is 55.1 Å². The van der Waals surface area contributed by atoms with Gasteiger partial charge in [0.25, 0.3) is 0 Å². The molecule has 0 aliphatic heterocycles. The van der Waals surface area contributed by atoms with Gasteiger partial charge < -0.3 is 10.2 Å². The van der Waals surface area contributed by atoms with Gasteiger partial charge in [-0.1, -0.05) is 29.8 Å². The molecule has 7 nitrogen and oxygen atoms in total. The number of carbonyl (C=O) groups is 2. The second-order valence-corrected chi connectivity index (χ2v) is 10.1. The van der Waals surface area contributed by atoms with E-state index in [2.05, 4.69) is 5.32 Å². The van der Waals surface area contributed by atoms with E-state index in [1.165, 1.54) is 48.3 Å². The molecule has 0 saturated heterocycles. The van der Waals surface area contributed by atoms with Crippen LogP contribution in [0.2, 0.25) is 0 Å². The summed E-state index contributed by atoms with van der Waals surface area (Å²) in [6.45, 7) is 6.62. The van der Waals surface area contributed by atoms with E-state index in [9.17, 15) is 22.4 Å². The number of aryl methyl sites for hydroxylation is 1. The molecule has 0 aromatic heterocycles. The Kier molecular flexibility index (Phi) is 8.51. The molecule has 1 unspecified atom stereocenters. The van der Waals surface area contributed by atoms with E-state index in [1.54, 1.807) is 32.9 Å². The predicted molar refractivity (Wildman–Crippen MR) is 121 cm³/mol. The molecule has 0 aliphatic carbocycles. The molecule has 9 heteroatoms. The maximum Gasteiger partial charge on any atom is 0.243 e. The lowest BCUT2D eigenvalue weighted by Crippen LogP contribution is -2.51. The first-order chi connectivity index (χ1) is 14.9. The third-order valence-electron chi connectivity index (χ3n) is 4.95. The fraction of sp³-hybridized carbons (Fsp3) is 0.391. The first-order valence-corrected chi connectivity index (χ1v) is 11.7. The molecule has 2 amide bonds. The summed E-state index contributed by atoms with van der Waals surface area (Å²) in [4.78, 5) is 27.1. The van der Waals surface area contributed by atoms with Crippen LogP contribution in [0.15, 0.2) is 53.4 Å². The highest BCUT2D eigenvalue weighted by atomic mass is 32.2. The van der Waals surface area contributed by atoms with Crippen molar-refractivity contribution in [2.75, 3.05) is 13.6 Å². The van der Waals surface area contributed by atoms with Crippen molar-refractivity contribution in [1.29, 1.82) is 0 Å². The van der Waals surface area contributed by atoms with E-state index >= 15 is 0 Å². The summed E-state index contributed by atoms with van der Waals surface area (Å²) in [5, 5.41) is 2.76. The molecule has 174 valence electrons. The average molecular weight is 464 g/mol. The summed E-state index contributed by atoms with van der Waals surface area (Å²) >= 11 is 0.